The zero-order valence-corrected chi connectivity index (χ0v) is 18.3. The minimum Gasteiger partial charge on any atom is -0.497 e. The molecule has 0 fully saturated rings. The van der Waals surface area contributed by atoms with E-state index in [-0.39, 0.29) is 6.04 Å². The Hall–Kier alpha value is -3.72. The number of rotatable bonds is 4. The SMILES string of the molecule is C=CCC1=C(c2ccccc2)N2CCc3c([nH]c4cc(OC)ccc34)C2c2ccccc21. The van der Waals surface area contributed by atoms with E-state index < -0.39 is 0 Å². The topological polar surface area (TPSA) is 28.3 Å². The maximum Gasteiger partial charge on any atom is 0.120 e. The van der Waals surface area contributed by atoms with Gasteiger partial charge in [0.25, 0.3) is 0 Å². The normalized spacial score (nSPS) is 17.0. The largest absolute Gasteiger partial charge is 0.497 e. The molecule has 3 heterocycles. The third-order valence-corrected chi connectivity index (χ3v) is 6.88. The molecule has 32 heavy (non-hydrogen) atoms. The zero-order chi connectivity index (χ0) is 21.7. The molecule has 1 aromatic heterocycles. The Bertz CT molecular complexity index is 1360. The van der Waals surface area contributed by atoms with Crippen molar-refractivity contribution in [1.29, 1.82) is 0 Å². The summed E-state index contributed by atoms with van der Waals surface area (Å²) in [5, 5.41) is 1.31. The molecule has 2 aliphatic heterocycles. The van der Waals surface area contributed by atoms with Gasteiger partial charge >= 0.3 is 0 Å². The zero-order valence-electron chi connectivity index (χ0n) is 18.3. The lowest BCUT2D eigenvalue weighted by molar-refractivity contribution is 0.312. The van der Waals surface area contributed by atoms with E-state index >= 15 is 0 Å². The van der Waals surface area contributed by atoms with Crippen molar-refractivity contribution in [3.05, 3.63) is 113 Å². The van der Waals surface area contributed by atoms with Crippen LogP contribution < -0.4 is 4.74 Å². The highest BCUT2D eigenvalue weighted by molar-refractivity contribution is 5.95. The predicted molar refractivity (Wildman–Crippen MR) is 132 cm³/mol. The molecule has 4 aromatic rings. The van der Waals surface area contributed by atoms with Crippen LogP contribution in [0.4, 0.5) is 0 Å². The summed E-state index contributed by atoms with van der Waals surface area (Å²) in [7, 11) is 1.72. The Morgan fingerprint density at radius 2 is 1.88 bits per heavy atom. The van der Waals surface area contributed by atoms with Gasteiger partial charge in [0.2, 0.25) is 0 Å². The van der Waals surface area contributed by atoms with Gasteiger partial charge in [0.1, 0.15) is 5.75 Å². The molecule has 1 unspecified atom stereocenters. The lowest BCUT2D eigenvalue weighted by Crippen LogP contribution is -2.38. The van der Waals surface area contributed by atoms with Gasteiger partial charge < -0.3 is 14.6 Å². The van der Waals surface area contributed by atoms with Crippen molar-refractivity contribution in [1.82, 2.24) is 9.88 Å². The molecule has 3 heteroatoms. The maximum atomic E-state index is 5.49. The molecule has 3 aromatic carbocycles. The van der Waals surface area contributed by atoms with Crippen LogP contribution in [-0.2, 0) is 6.42 Å². The Kier molecular flexibility index (Phi) is 4.43. The number of nitrogens with one attached hydrogen (secondary N) is 1. The van der Waals surface area contributed by atoms with E-state index in [1.54, 1.807) is 7.11 Å². The van der Waals surface area contributed by atoms with Crippen LogP contribution in [0.2, 0.25) is 0 Å². The van der Waals surface area contributed by atoms with E-state index in [2.05, 4.69) is 89.3 Å². The van der Waals surface area contributed by atoms with E-state index in [1.165, 1.54) is 44.6 Å². The van der Waals surface area contributed by atoms with Crippen LogP contribution in [0.5, 0.6) is 5.75 Å². The Balaban J connectivity index is 1.62. The van der Waals surface area contributed by atoms with Crippen LogP contribution in [0.3, 0.4) is 0 Å². The van der Waals surface area contributed by atoms with Crippen molar-refractivity contribution in [3.63, 3.8) is 0 Å². The second kappa shape index (κ2) is 7.45. The first-order valence-corrected chi connectivity index (χ1v) is 11.2. The van der Waals surface area contributed by atoms with Crippen molar-refractivity contribution in [2.24, 2.45) is 0 Å². The molecule has 0 spiro atoms. The lowest BCUT2D eigenvalue weighted by Gasteiger charge is -2.44. The van der Waals surface area contributed by atoms with Crippen LogP contribution in [0.15, 0.2) is 85.5 Å². The number of H-pyrrole nitrogens is 1. The molecule has 0 aliphatic carbocycles. The molecule has 1 N–H and O–H groups in total. The molecule has 0 amide bonds. The minimum absolute atomic E-state index is 0.164. The van der Waals surface area contributed by atoms with Gasteiger partial charge in [-0.05, 0) is 52.8 Å². The van der Waals surface area contributed by atoms with Crippen molar-refractivity contribution in [3.8, 4) is 5.75 Å². The van der Waals surface area contributed by atoms with E-state index in [1.807, 2.05) is 6.08 Å². The molecule has 3 nitrogen and oxygen atoms in total. The van der Waals surface area contributed by atoms with Gasteiger partial charge in [0.05, 0.1) is 13.2 Å². The van der Waals surface area contributed by atoms with E-state index in [9.17, 15) is 0 Å². The number of nitrogens with zero attached hydrogens (tertiary/aromatic N) is 1. The molecule has 2 aliphatic rings. The maximum absolute atomic E-state index is 5.49. The van der Waals surface area contributed by atoms with E-state index in [4.69, 9.17) is 4.74 Å². The fraction of sp³-hybridized carbons (Fsp3) is 0.172. The number of aromatic amines is 1. The van der Waals surface area contributed by atoms with Crippen molar-refractivity contribution < 1.29 is 4.74 Å². The van der Waals surface area contributed by atoms with Crippen LogP contribution in [-0.4, -0.2) is 23.5 Å². The van der Waals surface area contributed by atoms with E-state index in [0.717, 1.165) is 30.7 Å². The van der Waals surface area contributed by atoms with Crippen molar-refractivity contribution in [2.45, 2.75) is 18.9 Å². The summed E-state index contributed by atoms with van der Waals surface area (Å²) < 4.78 is 5.49. The Morgan fingerprint density at radius 1 is 1.06 bits per heavy atom. The average molecular weight is 419 g/mol. The standard InChI is InChI=1S/C29H26N2O/c1-3-9-24-21-12-7-8-13-25(21)29-27-23(22-15-14-20(32-2)18-26(22)30-27)16-17-31(29)28(24)19-10-5-4-6-11-19/h3-8,10-15,18,29-30H,1,9,16-17H2,2H3. The van der Waals surface area contributed by atoms with Gasteiger partial charge in [0.15, 0.2) is 0 Å². The second-order valence-electron chi connectivity index (χ2n) is 8.55. The van der Waals surface area contributed by atoms with Gasteiger partial charge in [-0.2, -0.15) is 0 Å². The first kappa shape index (κ1) is 19.0. The summed E-state index contributed by atoms with van der Waals surface area (Å²) in [5.74, 6) is 0.884. The van der Waals surface area contributed by atoms with Crippen LogP contribution in [0.25, 0.3) is 22.2 Å². The number of ether oxygens (including phenoxy) is 1. The molecular formula is C29H26N2O. The Morgan fingerprint density at radius 3 is 2.69 bits per heavy atom. The molecular weight excluding hydrogens is 392 g/mol. The summed E-state index contributed by atoms with van der Waals surface area (Å²) in [6.45, 7) is 5.05. The number of benzene rings is 3. The fourth-order valence-electron chi connectivity index (χ4n) is 5.56. The first-order valence-electron chi connectivity index (χ1n) is 11.2. The molecule has 0 saturated heterocycles. The number of aromatic nitrogens is 1. The summed E-state index contributed by atoms with van der Waals surface area (Å²) in [5.41, 5.74) is 10.5. The fourth-order valence-corrected chi connectivity index (χ4v) is 5.56. The quantitative estimate of drug-likeness (QED) is 0.379. The third kappa shape index (κ3) is 2.74. The average Bonchev–Trinajstić information content (AvgIpc) is 3.22. The van der Waals surface area contributed by atoms with Crippen molar-refractivity contribution in [2.75, 3.05) is 13.7 Å². The second-order valence-corrected chi connectivity index (χ2v) is 8.55. The van der Waals surface area contributed by atoms with Gasteiger partial charge in [-0.3, -0.25) is 0 Å². The van der Waals surface area contributed by atoms with Crippen LogP contribution in [0.1, 0.15) is 40.4 Å². The highest BCUT2D eigenvalue weighted by Crippen LogP contribution is 2.50. The third-order valence-electron chi connectivity index (χ3n) is 6.88. The molecule has 158 valence electrons. The number of methoxy groups -OCH3 is 1. The van der Waals surface area contributed by atoms with Crippen molar-refractivity contribution >= 4 is 22.2 Å². The Labute approximate surface area is 188 Å². The summed E-state index contributed by atoms with van der Waals surface area (Å²) >= 11 is 0. The van der Waals surface area contributed by atoms with E-state index in [0.29, 0.717) is 0 Å². The number of fused-ring (bicyclic) bond motifs is 7. The van der Waals surface area contributed by atoms with Gasteiger partial charge in [-0.25, -0.2) is 0 Å². The monoisotopic (exact) mass is 418 g/mol. The molecule has 0 radical (unpaired) electrons. The first-order chi connectivity index (χ1) is 15.8. The van der Waals surface area contributed by atoms with Gasteiger partial charge in [-0.15, -0.1) is 6.58 Å². The smallest absolute Gasteiger partial charge is 0.120 e. The summed E-state index contributed by atoms with van der Waals surface area (Å²) in [4.78, 5) is 6.39. The van der Waals surface area contributed by atoms with Gasteiger partial charge in [0, 0.05) is 34.9 Å². The predicted octanol–water partition coefficient (Wildman–Crippen LogP) is 6.58. The number of allylic oxidation sites excluding steroid dienone is 2. The molecule has 0 bridgehead atoms. The number of hydrogen-bond donors (Lipinski definition) is 1. The highest BCUT2D eigenvalue weighted by atomic mass is 16.5. The number of hydrogen-bond acceptors (Lipinski definition) is 2. The van der Waals surface area contributed by atoms with Crippen LogP contribution in [0, 0.1) is 0 Å². The minimum atomic E-state index is 0.164. The highest BCUT2D eigenvalue weighted by Gasteiger charge is 2.38. The van der Waals surface area contributed by atoms with Crippen LogP contribution >= 0.6 is 0 Å². The molecule has 1 atom stereocenters. The molecule has 0 saturated carbocycles. The summed E-state index contributed by atoms with van der Waals surface area (Å²) in [6.07, 6.45) is 3.89. The van der Waals surface area contributed by atoms with Gasteiger partial charge in [-0.1, -0.05) is 60.7 Å². The molecule has 6 rings (SSSR count). The lowest BCUT2D eigenvalue weighted by atomic mass is 9.80. The summed E-state index contributed by atoms with van der Waals surface area (Å²) in [6, 6.07) is 26.2.